The average molecular weight is 420 g/mol. The summed E-state index contributed by atoms with van der Waals surface area (Å²) in [7, 11) is -3.51. The van der Waals surface area contributed by atoms with Crippen LogP contribution in [-0.2, 0) is 10.0 Å². The number of nitrogens with zero attached hydrogens (tertiary/aromatic N) is 1. The van der Waals surface area contributed by atoms with Crippen LogP contribution in [0.1, 0.15) is 12.5 Å². The molecule has 1 aromatic carbocycles. The first-order chi connectivity index (χ1) is 8.34. The summed E-state index contributed by atoms with van der Waals surface area (Å²) < 4.78 is 27.6. The van der Waals surface area contributed by atoms with Crippen LogP contribution in [0.25, 0.3) is 0 Å². The first-order valence-electron chi connectivity index (χ1n) is 5.36. The van der Waals surface area contributed by atoms with Gasteiger partial charge in [0.2, 0.25) is 10.0 Å². The predicted octanol–water partition coefficient (Wildman–Crippen LogP) is 3.77. The Morgan fingerprint density at radius 1 is 1.28 bits per heavy atom. The number of sulfonamides is 1. The lowest BCUT2D eigenvalue weighted by atomic mass is 10.2. The second-order valence-electron chi connectivity index (χ2n) is 3.72. The topological polar surface area (TPSA) is 37.4 Å². The third kappa shape index (κ3) is 3.48. The minimum atomic E-state index is -3.51. The lowest BCUT2D eigenvalue weighted by molar-refractivity contribution is 0.446. The predicted molar refractivity (Wildman–Crippen MR) is 81.7 cm³/mol. The molecule has 0 spiro atoms. The minimum absolute atomic E-state index is 0.256. The molecule has 0 aliphatic rings. The van der Waals surface area contributed by atoms with Crippen molar-refractivity contribution in [1.82, 2.24) is 4.31 Å². The van der Waals surface area contributed by atoms with E-state index in [9.17, 15) is 8.42 Å². The van der Waals surface area contributed by atoms with Crippen LogP contribution in [0.4, 0.5) is 0 Å². The van der Waals surface area contributed by atoms with E-state index >= 15 is 0 Å². The monoisotopic (exact) mass is 417 g/mol. The van der Waals surface area contributed by atoms with E-state index in [-0.39, 0.29) is 10.8 Å². The molecule has 0 aromatic heterocycles. The van der Waals surface area contributed by atoms with E-state index in [0.717, 1.165) is 10.0 Å². The summed E-state index contributed by atoms with van der Waals surface area (Å²) in [5.74, 6) is 0.276. The van der Waals surface area contributed by atoms with Gasteiger partial charge in [-0.1, -0.05) is 22.9 Å². The summed E-state index contributed by atoms with van der Waals surface area (Å²) >= 11 is 12.3. The lowest BCUT2D eigenvalue weighted by Gasteiger charge is -2.20. The molecule has 0 aliphatic heterocycles. The summed E-state index contributed by atoms with van der Waals surface area (Å²) in [6.07, 6.45) is 0. The van der Waals surface area contributed by atoms with Crippen molar-refractivity contribution < 1.29 is 8.42 Å². The number of hydrogen-bond acceptors (Lipinski definition) is 2. The lowest BCUT2D eigenvalue weighted by Crippen LogP contribution is -2.32. The van der Waals surface area contributed by atoms with Crippen LogP contribution in [-0.4, -0.2) is 31.7 Å². The van der Waals surface area contributed by atoms with Gasteiger partial charge in [0.05, 0.1) is 4.90 Å². The van der Waals surface area contributed by atoms with E-state index in [2.05, 4.69) is 31.9 Å². The molecule has 0 bridgehead atoms. The van der Waals surface area contributed by atoms with Crippen LogP contribution in [0.5, 0.6) is 0 Å². The van der Waals surface area contributed by atoms with Crippen molar-refractivity contribution in [1.29, 1.82) is 0 Å². The van der Waals surface area contributed by atoms with Gasteiger partial charge in [0, 0.05) is 27.9 Å². The van der Waals surface area contributed by atoms with Gasteiger partial charge in [-0.05, 0) is 40.5 Å². The Hall–Kier alpha value is 0.380. The number of rotatable bonds is 5. The highest BCUT2D eigenvalue weighted by molar-refractivity contribution is 9.11. The van der Waals surface area contributed by atoms with Crippen molar-refractivity contribution in [2.75, 3.05) is 19.0 Å². The van der Waals surface area contributed by atoms with E-state index in [1.807, 2.05) is 6.92 Å². The molecule has 0 atom stereocenters. The summed E-state index contributed by atoms with van der Waals surface area (Å²) in [5, 5.41) is 0. The second-order valence-corrected chi connectivity index (χ2v) is 7.71. The van der Waals surface area contributed by atoms with Gasteiger partial charge in [-0.25, -0.2) is 8.42 Å². The Bertz CT molecular complexity index is 534. The van der Waals surface area contributed by atoms with Gasteiger partial charge in [0.25, 0.3) is 0 Å². The Kier molecular flexibility index (Phi) is 6.12. The van der Waals surface area contributed by atoms with Gasteiger partial charge >= 0.3 is 0 Å². The second kappa shape index (κ2) is 6.70. The molecular weight excluding hydrogens is 405 g/mol. The van der Waals surface area contributed by atoms with Crippen LogP contribution in [0.2, 0.25) is 0 Å². The molecule has 1 aromatic rings. The van der Waals surface area contributed by atoms with Crippen molar-refractivity contribution in [2.45, 2.75) is 18.7 Å². The van der Waals surface area contributed by atoms with E-state index in [4.69, 9.17) is 11.6 Å². The fourth-order valence-electron chi connectivity index (χ4n) is 1.51. The zero-order valence-electron chi connectivity index (χ0n) is 10.1. The van der Waals surface area contributed by atoms with Crippen molar-refractivity contribution in [3.63, 3.8) is 0 Å². The molecule has 0 heterocycles. The van der Waals surface area contributed by atoms with Crippen molar-refractivity contribution in [3.05, 3.63) is 26.6 Å². The van der Waals surface area contributed by atoms with Crippen molar-refractivity contribution in [2.24, 2.45) is 0 Å². The summed E-state index contributed by atoms with van der Waals surface area (Å²) in [6.45, 7) is 4.40. The van der Waals surface area contributed by atoms with E-state index in [1.54, 1.807) is 19.1 Å². The van der Waals surface area contributed by atoms with Gasteiger partial charge in [-0.2, -0.15) is 4.31 Å². The maximum atomic E-state index is 12.5. The van der Waals surface area contributed by atoms with Crippen molar-refractivity contribution in [3.8, 4) is 0 Å². The number of aryl methyl sites for hydroxylation is 1. The molecule has 102 valence electrons. The van der Waals surface area contributed by atoms with Crippen LogP contribution < -0.4 is 0 Å². The molecule has 7 heteroatoms. The van der Waals surface area contributed by atoms with Crippen LogP contribution in [0.15, 0.2) is 26.0 Å². The highest BCUT2D eigenvalue weighted by Gasteiger charge is 2.25. The van der Waals surface area contributed by atoms with Crippen LogP contribution in [0, 0.1) is 6.92 Å². The standard InChI is InChI=1S/C11H14Br2ClNO2S/c1-3-15(5-4-14)18(16,17)11-7-9(12)8(2)6-10(11)13/h6-7H,3-5H2,1-2H3. The molecule has 0 saturated heterocycles. The normalized spacial score (nSPS) is 12.1. The Labute approximate surface area is 130 Å². The third-order valence-corrected chi connectivity index (χ3v) is 6.47. The molecule has 0 aliphatic carbocycles. The molecule has 0 amide bonds. The zero-order chi connectivity index (χ0) is 13.9. The quantitative estimate of drug-likeness (QED) is 0.682. The average Bonchev–Trinajstić information content (AvgIpc) is 2.30. The molecule has 3 nitrogen and oxygen atoms in total. The molecule has 0 N–H and O–H groups in total. The zero-order valence-corrected chi connectivity index (χ0v) is 14.8. The smallest absolute Gasteiger partial charge is 0.207 e. The van der Waals surface area contributed by atoms with E-state index in [0.29, 0.717) is 17.6 Å². The largest absolute Gasteiger partial charge is 0.244 e. The molecule has 0 unspecified atom stereocenters. The minimum Gasteiger partial charge on any atom is -0.207 e. The fraction of sp³-hybridized carbons (Fsp3) is 0.455. The Balaban J connectivity index is 3.32. The molecule has 0 saturated carbocycles. The van der Waals surface area contributed by atoms with Gasteiger partial charge in [-0.3, -0.25) is 0 Å². The fourth-order valence-corrected chi connectivity index (χ4v) is 4.90. The number of halogens is 3. The van der Waals surface area contributed by atoms with Gasteiger partial charge in [0.15, 0.2) is 0 Å². The van der Waals surface area contributed by atoms with Gasteiger partial charge in [-0.15, -0.1) is 11.6 Å². The number of hydrogen-bond donors (Lipinski definition) is 0. The van der Waals surface area contributed by atoms with Gasteiger partial charge in [0.1, 0.15) is 0 Å². The van der Waals surface area contributed by atoms with E-state index < -0.39 is 10.0 Å². The maximum absolute atomic E-state index is 12.5. The maximum Gasteiger partial charge on any atom is 0.244 e. The number of alkyl halides is 1. The van der Waals surface area contributed by atoms with Crippen LogP contribution >= 0.6 is 43.5 Å². The first-order valence-corrected chi connectivity index (χ1v) is 8.92. The molecule has 1 rings (SSSR count). The molecular formula is C11H14Br2ClNO2S. The summed E-state index contributed by atoms with van der Waals surface area (Å²) in [4.78, 5) is 0.256. The highest BCUT2D eigenvalue weighted by atomic mass is 79.9. The Morgan fingerprint density at radius 2 is 1.89 bits per heavy atom. The summed E-state index contributed by atoms with van der Waals surface area (Å²) in [5.41, 5.74) is 0.973. The molecule has 0 radical (unpaired) electrons. The number of benzene rings is 1. The molecule has 0 fully saturated rings. The first kappa shape index (κ1) is 16.4. The van der Waals surface area contributed by atoms with Crippen LogP contribution in [0.3, 0.4) is 0 Å². The third-order valence-electron chi connectivity index (χ3n) is 2.52. The Morgan fingerprint density at radius 3 is 2.39 bits per heavy atom. The molecule has 18 heavy (non-hydrogen) atoms. The van der Waals surface area contributed by atoms with Gasteiger partial charge < -0.3 is 0 Å². The SMILES string of the molecule is CCN(CCCl)S(=O)(=O)c1cc(Br)c(C)cc1Br. The summed E-state index contributed by atoms with van der Waals surface area (Å²) in [6, 6.07) is 3.40. The van der Waals surface area contributed by atoms with E-state index in [1.165, 1.54) is 4.31 Å². The van der Waals surface area contributed by atoms with Crippen molar-refractivity contribution >= 4 is 53.5 Å². The highest BCUT2D eigenvalue weighted by Crippen LogP contribution is 2.30.